The fourth-order valence-electron chi connectivity index (χ4n) is 6.27. The molecule has 0 amide bonds. The quantitative estimate of drug-likeness (QED) is 0.278. The van der Waals surface area contributed by atoms with Crippen molar-refractivity contribution in [1.29, 1.82) is 0 Å². The SMILES string of the molecule is C=CC(CC)(CC(C)C)n1nnc2c1CCCCCC2(C)C(=C)NC(C)(CC)CC(C)(CC)C(=C)C. The van der Waals surface area contributed by atoms with Crippen molar-refractivity contribution in [3.05, 3.63) is 48.5 Å². The molecule has 1 aromatic rings. The Morgan fingerprint density at radius 2 is 1.78 bits per heavy atom. The third-order valence-corrected chi connectivity index (χ3v) is 9.54. The van der Waals surface area contributed by atoms with Crippen LogP contribution in [0.3, 0.4) is 0 Å². The highest BCUT2D eigenvalue weighted by Gasteiger charge is 2.43. The first-order valence-electron chi connectivity index (χ1n) is 14.5. The molecule has 4 atom stereocenters. The lowest BCUT2D eigenvalue weighted by atomic mass is 9.70. The monoisotopic (exact) mass is 496 g/mol. The largest absolute Gasteiger partial charge is 0.383 e. The van der Waals surface area contributed by atoms with Crippen LogP contribution in [0.2, 0.25) is 0 Å². The zero-order chi connectivity index (χ0) is 27.4. The second kappa shape index (κ2) is 11.7. The highest BCUT2D eigenvalue weighted by atomic mass is 15.5. The molecular weight excluding hydrogens is 440 g/mol. The summed E-state index contributed by atoms with van der Waals surface area (Å²) in [5.74, 6) is 0.547. The van der Waals surface area contributed by atoms with Gasteiger partial charge in [-0.15, -0.1) is 11.7 Å². The predicted octanol–water partition coefficient (Wildman–Crippen LogP) is 8.64. The van der Waals surface area contributed by atoms with E-state index in [1.54, 1.807) is 0 Å². The molecule has 2 rings (SSSR count). The fourth-order valence-corrected chi connectivity index (χ4v) is 6.27. The molecule has 4 heteroatoms. The molecule has 0 radical (unpaired) electrons. The van der Waals surface area contributed by atoms with Gasteiger partial charge < -0.3 is 5.32 Å². The Morgan fingerprint density at radius 3 is 2.28 bits per heavy atom. The fraction of sp³-hybridized carbons (Fsp3) is 0.750. The van der Waals surface area contributed by atoms with Gasteiger partial charge in [-0.2, -0.15) is 0 Å². The molecular formula is C32H56N4. The van der Waals surface area contributed by atoms with Crippen LogP contribution in [-0.4, -0.2) is 20.5 Å². The van der Waals surface area contributed by atoms with Crippen LogP contribution >= 0.6 is 0 Å². The Morgan fingerprint density at radius 1 is 1.11 bits per heavy atom. The van der Waals surface area contributed by atoms with Gasteiger partial charge in [-0.3, -0.25) is 0 Å². The van der Waals surface area contributed by atoms with Crippen LogP contribution in [0.15, 0.2) is 37.1 Å². The molecule has 4 unspecified atom stereocenters. The molecule has 36 heavy (non-hydrogen) atoms. The number of nitrogens with one attached hydrogen (secondary N) is 1. The number of aromatic nitrogens is 3. The van der Waals surface area contributed by atoms with E-state index in [2.05, 4.69) is 98.1 Å². The molecule has 1 aliphatic carbocycles. The number of hydrogen-bond acceptors (Lipinski definition) is 3. The molecule has 1 heterocycles. The van der Waals surface area contributed by atoms with E-state index in [-0.39, 0.29) is 21.9 Å². The van der Waals surface area contributed by atoms with Crippen LogP contribution in [0.4, 0.5) is 0 Å². The summed E-state index contributed by atoms with van der Waals surface area (Å²) in [6.45, 7) is 33.9. The van der Waals surface area contributed by atoms with Gasteiger partial charge >= 0.3 is 0 Å². The Balaban J connectivity index is 2.54. The number of fused-ring (bicyclic) bond motifs is 1. The van der Waals surface area contributed by atoms with Crippen LogP contribution in [0, 0.1) is 11.3 Å². The van der Waals surface area contributed by atoms with Crippen LogP contribution in [0.1, 0.15) is 131 Å². The van der Waals surface area contributed by atoms with E-state index in [1.165, 1.54) is 30.5 Å². The summed E-state index contributed by atoms with van der Waals surface area (Å²) in [5.41, 5.74) is 4.27. The lowest BCUT2D eigenvalue weighted by Crippen LogP contribution is -2.49. The molecule has 0 bridgehead atoms. The maximum absolute atomic E-state index is 4.93. The molecule has 1 N–H and O–H groups in total. The summed E-state index contributed by atoms with van der Waals surface area (Å²) in [6.07, 6.45) is 12.8. The number of rotatable bonds is 13. The smallest absolute Gasteiger partial charge is 0.0976 e. The summed E-state index contributed by atoms with van der Waals surface area (Å²) in [7, 11) is 0. The van der Waals surface area contributed by atoms with Gasteiger partial charge in [0.2, 0.25) is 0 Å². The van der Waals surface area contributed by atoms with E-state index < -0.39 is 0 Å². The minimum atomic E-state index is -0.269. The predicted molar refractivity (Wildman–Crippen MR) is 156 cm³/mol. The second-order valence-electron chi connectivity index (χ2n) is 12.8. The van der Waals surface area contributed by atoms with Crippen molar-refractivity contribution in [3.8, 4) is 0 Å². The third-order valence-electron chi connectivity index (χ3n) is 9.54. The van der Waals surface area contributed by atoms with Gasteiger partial charge in [-0.25, -0.2) is 4.68 Å². The van der Waals surface area contributed by atoms with Crippen molar-refractivity contribution >= 4 is 0 Å². The maximum atomic E-state index is 4.93. The van der Waals surface area contributed by atoms with E-state index in [0.29, 0.717) is 5.92 Å². The van der Waals surface area contributed by atoms with Crippen LogP contribution in [0.5, 0.6) is 0 Å². The minimum Gasteiger partial charge on any atom is -0.383 e. The Bertz CT molecular complexity index is 927. The molecule has 1 aromatic heterocycles. The average molecular weight is 497 g/mol. The van der Waals surface area contributed by atoms with E-state index in [0.717, 1.165) is 56.3 Å². The Kier molecular flexibility index (Phi) is 9.87. The summed E-state index contributed by atoms with van der Waals surface area (Å²) in [6, 6.07) is 0. The topological polar surface area (TPSA) is 42.7 Å². The highest BCUT2D eigenvalue weighted by Crippen LogP contribution is 2.44. The minimum absolute atomic E-state index is 0.0751. The summed E-state index contributed by atoms with van der Waals surface area (Å²) in [5, 5.41) is 13.7. The number of allylic oxidation sites excluding steroid dienone is 3. The van der Waals surface area contributed by atoms with E-state index in [4.69, 9.17) is 10.3 Å². The van der Waals surface area contributed by atoms with Crippen molar-refractivity contribution < 1.29 is 0 Å². The zero-order valence-electron chi connectivity index (χ0n) is 25.2. The molecule has 4 nitrogen and oxygen atoms in total. The number of nitrogens with zero attached hydrogens (tertiary/aromatic N) is 3. The van der Waals surface area contributed by atoms with Crippen LogP contribution in [0.25, 0.3) is 0 Å². The highest BCUT2D eigenvalue weighted by molar-refractivity contribution is 5.34. The first kappa shape index (κ1) is 30.4. The molecule has 1 aliphatic rings. The van der Waals surface area contributed by atoms with Gasteiger partial charge in [0, 0.05) is 11.2 Å². The normalized spacial score (nSPS) is 23.4. The molecule has 0 saturated heterocycles. The first-order chi connectivity index (χ1) is 16.8. The summed E-state index contributed by atoms with van der Waals surface area (Å²) < 4.78 is 2.24. The van der Waals surface area contributed by atoms with Crippen LogP contribution < -0.4 is 5.32 Å². The van der Waals surface area contributed by atoms with Crippen molar-refractivity contribution in [2.45, 2.75) is 143 Å². The van der Waals surface area contributed by atoms with Crippen LogP contribution in [-0.2, 0) is 17.4 Å². The molecule has 204 valence electrons. The summed E-state index contributed by atoms with van der Waals surface area (Å²) >= 11 is 0. The Labute approximate surface area is 223 Å². The van der Waals surface area contributed by atoms with Crippen molar-refractivity contribution in [1.82, 2.24) is 20.3 Å². The van der Waals surface area contributed by atoms with Gasteiger partial charge in [-0.05, 0) is 83.5 Å². The average Bonchev–Trinajstić information content (AvgIpc) is 3.24. The van der Waals surface area contributed by atoms with Gasteiger partial charge in [0.1, 0.15) is 0 Å². The van der Waals surface area contributed by atoms with Gasteiger partial charge in [0.15, 0.2) is 0 Å². The lowest BCUT2D eigenvalue weighted by molar-refractivity contribution is 0.213. The zero-order valence-corrected chi connectivity index (χ0v) is 25.2. The van der Waals surface area contributed by atoms with Gasteiger partial charge in [0.25, 0.3) is 0 Å². The molecule has 0 spiro atoms. The van der Waals surface area contributed by atoms with Crippen molar-refractivity contribution in [3.63, 3.8) is 0 Å². The molecule has 0 saturated carbocycles. The number of hydrogen-bond donors (Lipinski definition) is 1. The van der Waals surface area contributed by atoms with Gasteiger partial charge in [0.05, 0.1) is 22.3 Å². The maximum Gasteiger partial charge on any atom is 0.0976 e. The Hall–Kier alpha value is -1.84. The molecule has 0 aliphatic heterocycles. The van der Waals surface area contributed by atoms with E-state index in [1.807, 2.05) is 0 Å². The van der Waals surface area contributed by atoms with Crippen molar-refractivity contribution in [2.24, 2.45) is 11.3 Å². The first-order valence-corrected chi connectivity index (χ1v) is 14.5. The molecule has 0 fully saturated rings. The standard InChI is InChI=1S/C32H56N4/c1-13-29(10,25(7)8)23-30(11,14-2)33-26(9)31(12)21-19-17-18-20-27-28(31)34-35-36(27)32(15-3,16-4)22-24(5)6/h15,24,33H,3,7,9,13-14,16-23H2,1-2,4-6,8,10-12H3. The second-order valence-corrected chi connectivity index (χ2v) is 12.8. The molecule has 0 aromatic carbocycles. The van der Waals surface area contributed by atoms with E-state index in [9.17, 15) is 0 Å². The third kappa shape index (κ3) is 6.00. The summed E-state index contributed by atoms with van der Waals surface area (Å²) in [4.78, 5) is 0. The lowest BCUT2D eigenvalue weighted by Gasteiger charge is -2.44. The van der Waals surface area contributed by atoms with E-state index >= 15 is 0 Å². The van der Waals surface area contributed by atoms with Crippen molar-refractivity contribution in [2.75, 3.05) is 0 Å². The van der Waals surface area contributed by atoms with Gasteiger partial charge in [-0.1, -0.05) is 84.4 Å².